The zero-order valence-electron chi connectivity index (χ0n) is 12.8. The predicted molar refractivity (Wildman–Crippen MR) is 82.1 cm³/mol. The number of nitrogens with one attached hydrogen (secondary N) is 1. The highest BCUT2D eigenvalue weighted by molar-refractivity contribution is 5.19. The van der Waals surface area contributed by atoms with Gasteiger partial charge in [0.15, 0.2) is 0 Å². The molecule has 0 radical (unpaired) electrons. The van der Waals surface area contributed by atoms with Crippen molar-refractivity contribution in [1.82, 2.24) is 5.32 Å². The summed E-state index contributed by atoms with van der Waals surface area (Å²) in [7, 11) is 0. The fourth-order valence-corrected chi connectivity index (χ4v) is 2.27. The van der Waals surface area contributed by atoms with E-state index in [9.17, 15) is 0 Å². The molecule has 0 fully saturated rings. The van der Waals surface area contributed by atoms with Crippen LogP contribution >= 0.6 is 0 Å². The van der Waals surface area contributed by atoms with Gasteiger partial charge in [0.2, 0.25) is 0 Å². The van der Waals surface area contributed by atoms with Gasteiger partial charge in [-0.2, -0.15) is 0 Å². The van der Waals surface area contributed by atoms with Gasteiger partial charge in [0.25, 0.3) is 0 Å². The van der Waals surface area contributed by atoms with E-state index < -0.39 is 0 Å². The molecule has 0 aromatic heterocycles. The van der Waals surface area contributed by atoms with E-state index in [1.807, 2.05) is 0 Å². The lowest BCUT2D eigenvalue weighted by atomic mass is 9.85. The van der Waals surface area contributed by atoms with Gasteiger partial charge in [-0.05, 0) is 36.3 Å². The molecule has 108 valence electrons. The molecule has 0 aliphatic heterocycles. The van der Waals surface area contributed by atoms with Crippen LogP contribution in [0.25, 0.3) is 0 Å². The molecule has 1 rings (SSSR count). The first-order chi connectivity index (χ1) is 8.92. The molecule has 0 saturated carbocycles. The lowest BCUT2D eigenvalue weighted by molar-refractivity contribution is 0.250. The van der Waals surface area contributed by atoms with Crippen molar-refractivity contribution in [1.29, 1.82) is 0 Å². The molecule has 2 heteroatoms. The van der Waals surface area contributed by atoms with Gasteiger partial charge >= 0.3 is 0 Å². The first kappa shape index (κ1) is 16.2. The third kappa shape index (κ3) is 6.74. The van der Waals surface area contributed by atoms with Crippen LogP contribution < -0.4 is 5.32 Å². The van der Waals surface area contributed by atoms with Crippen LogP contribution in [0.1, 0.15) is 52.1 Å². The molecule has 2 nitrogen and oxygen atoms in total. The van der Waals surface area contributed by atoms with E-state index in [0.29, 0.717) is 17.4 Å². The largest absolute Gasteiger partial charge is 0.396 e. The molecule has 0 spiro atoms. The van der Waals surface area contributed by atoms with E-state index in [-0.39, 0.29) is 6.61 Å². The molecule has 0 aliphatic carbocycles. The summed E-state index contributed by atoms with van der Waals surface area (Å²) in [4.78, 5) is 0. The first-order valence-electron chi connectivity index (χ1n) is 7.31. The normalized spacial score (nSPS) is 15.2. The van der Waals surface area contributed by atoms with Gasteiger partial charge in [-0.1, -0.05) is 58.0 Å². The second-order valence-corrected chi connectivity index (χ2v) is 6.75. The Hall–Kier alpha value is -0.860. The van der Waals surface area contributed by atoms with Crippen LogP contribution in [-0.2, 0) is 0 Å². The molecule has 0 aliphatic rings. The number of benzene rings is 1. The van der Waals surface area contributed by atoms with Crippen LogP contribution in [0.4, 0.5) is 0 Å². The minimum Gasteiger partial charge on any atom is -0.396 e. The molecular weight excluding hydrogens is 234 g/mol. The van der Waals surface area contributed by atoms with Crippen LogP contribution in [0.3, 0.4) is 0 Å². The minimum atomic E-state index is 0.276. The van der Waals surface area contributed by atoms with Crippen molar-refractivity contribution in [3.05, 3.63) is 35.9 Å². The second kappa shape index (κ2) is 7.66. The van der Waals surface area contributed by atoms with Crippen molar-refractivity contribution in [3.63, 3.8) is 0 Å². The van der Waals surface area contributed by atoms with Gasteiger partial charge in [-0.3, -0.25) is 0 Å². The van der Waals surface area contributed by atoms with E-state index in [4.69, 9.17) is 5.11 Å². The Bertz CT molecular complexity index is 342. The Morgan fingerprint density at radius 2 is 1.79 bits per heavy atom. The molecule has 0 saturated heterocycles. The fourth-order valence-electron chi connectivity index (χ4n) is 2.27. The Labute approximate surface area is 118 Å². The summed E-state index contributed by atoms with van der Waals surface area (Å²) in [6.07, 6.45) is 1.98. The lowest BCUT2D eigenvalue weighted by Crippen LogP contribution is -2.29. The average molecular weight is 263 g/mol. The number of hydrogen-bond donors (Lipinski definition) is 2. The van der Waals surface area contributed by atoms with Gasteiger partial charge < -0.3 is 10.4 Å². The molecule has 0 heterocycles. The van der Waals surface area contributed by atoms with Crippen molar-refractivity contribution in [2.45, 2.75) is 46.6 Å². The zero-order chi connectivity index (χ0) is 14.3. The second-order valence-electron chi connectivity index (χ2n) is 6.75. The maximum atomic E-state index is 8.98. The summed E-state index contributed by atoms with van der Waals surface area (Å²) in [5, 5.41) is 12.6. The molecule has 2 N–H and O–H groups in total. The smallest absolute Gasteiger partial charge is 0.0434 e. The molecule has 2 atom stereocenters. The average Bonchev–Trinajstić information content (AvgIpc) is 2.34. The maximum absolute atomic E-state index is 8.98. The SMILES string of the molecule is CC(CCO)CNC(CC(C)(C)C)c1ccccc1. The molecule has 1 aromatic rings. The Balaban J connectivity index is 2.65. The highest BCUT2D eigenvalue weighted by Crippen LogP contribution is 2.29. The van der Waals surface area contributed by atoms with Crippen molar-refractivity contribution in [3.8, 4) is 0 Å². The zero-order valence-corrected chi connectivity index (χ0v) is 12.8. The van der Waals surface area contributed by atoms with Crippen molar-refractivity contribution < 1.29 is 5.11 Å². The molecule has 0 amide bonds. The molecule has 2 unspecified atom stereocenters. The lowest BCUT2D eigenvalue weighted by Gasteiger charge is -2.28. The Kier molecular flexibility index (Phi) is 6.53. The third-order valence-electron chi connectivity index (χ3n) is 3.35. The van der Waals surface area contributed by atoms with Crippen LogP contribution in [0.2, 0.25) is 0 Å². The Morgan fingerprint density at radius 3 is 2.32 bits per heavy atom. The van der Waals surface area contributed by atoms with E-state index in [1.54, 1.807) is 0 Å². The van der Waals surface area contributed by atoms with E-state index >= 15 is 0 Å². The van der Waals surface area contributed by atoms with Gasteiger partial charge in [-0.25, -0.2) is 0 Å². The molecule has 0 bridgehead atoms. The van der Waals surface area contributed by atoms with Crippen molar-refractivity contribution in [2.24, 2.45) is 11.3 Å². The standard InChI is InChI=1S/C17H29NO/c1-14(10-11-19)13-18-16(12-17(2,3)4)15-8-6-5-7-9-15/h5-9,14,16,18-19H,10-13H2,1-4H3. The van der Waals surface area contributed by atoms with Crippen LogP contribution in [0.15, 0.2) is 30.3 Å². The topological polar surface area (TPSA) is 32.3 Å². The van der Waals surface area contributed by atoms with Crippen molar-refractivity contribution in [2.75, 3.05) is 13.2 Å². The molecule has 1 aromatic carbocycles. The Morgan fingerprint density at radius 1 is 1.16 bits per heavy atom. The summed E-state index contributed by atoms with van der Waals surface area (Å²) in [6, 6.07) is 11.0. The van der Waals surface area contributed by atoms with Gasteiger partial charge in [0, 0.05) is 12.6 Å². The van der Waals surface area contributed by atoms with E-state index in [2.05, 4.69) is 63.3 Å². The van der Waals surface area contributed by atoms with Gasteiger partial charge in [0.05, 0.1) is 0 Å². The molecule has 19 heavy (non-hydrogen) atoms. The number of hydrogen-bond acceptors (Lipinski definition) is 2. The monoisotopic (exact) mass is 263 g/mol. The van der Waals surface area contributed by atoms with Gasteiger partial charge in [-0.15, -0.1) is 0 Å². The predicted octanol–water partition coefficient (Wildman–Crippen LogP) is 3.77. The van der Waals surface area contributed by atoms with Crippen LogP contribution in [0.5, 0.6) is 0 Å². The summed E-state index contributed by atoms with van der Waals surface area (Å²) >= 11 is 0. The minimum absolute atomic E-state index is 0.276. The fraction of sp³-hybridized carbons (Fsp3) is 0.647. The summed E-state index contributed by atoms with van der Waals surface area (Å²) in [6.45, 7) is 10.3. The van der Waals surface area contributed by atoms with Crippen molar-refractivity contribution >= 4 is 0 Å². The summed E-state index contributed by atoms with van der Waals surface area (Å²) in [5.74, 6) is 0.510. The number of aliphatic hydroxyl groups excluding tert-OH is 1. The highest BCUT2D eigenvalue weighted by atomic mass is 16.3. The molecular formula is C17H29NO. The van der Waals surface area contributed by atoms with Crippen LogP contribution in [-0.4, -0.2) is 18.3 Å². The van der Waals surface area contributed by atoms with Gasteiger partial charge in [0.1, 0.15) is 0 Å². The van der Waals surface area contributed by atoms with E-state index in [0.717, 1.165) is 19.4 Å². The first-order valence-corrected chi connectivity index (χ1v) is 7.31. The number of rotatable bonds is 7. The third-order valence-corrected chi connectivity index (χ3v) is 3.35. The summed E-state index contributed by atoms with van der Waals surface area (Å²) < 4.78 is 0. The highest BCUT2D eigenvalue weighted by Gasteiger charge is 2.20. The number of aliphatic hydroxyl groups is 1. The summed E-state index contributed by atoms with van der Waals surface area (Å²) in [5.41, 5.74) is 1.65. The quantitative estimate of drug-likeness (QED) is 0.785. The van der Waals surface area contributed by atoms with Crippen LogP contribution in [0, 0.1) is 11.3 Å². The maximum Gasteiger partial charge on any atom is 0.0434 e. The van der Waals surface area contributed by atoms with E-state index in [1.165, 1.54) is 5.56 Å².